The Bertz CT molecular complexity index is 424. The lowest BCUT2D eigenvalue weighted by Gasteiger charge is -2.26. The summed E-state index contributed by atoms with van der Waals surface area (Å²) in [7, 11) is 0. The Morgan fingerprint density at radius 1 is 1.47 bits per heavy atom. The Morgan fingerprint density at radius 2 is 2.21 bits per heavy atom. The average Bonchev–Trinajstić information content (AvgIpc) is 2.76. The van der Waals surface area contributed by atoms with E-state index < -0.39 is 5.60 Å². The maximum absolute atomic E-state index is 11.7. The van der Waals surface area contributed by atoms with Gasteiger partial charge >= 0.3 is 0 Å². The van der Waals surface area contributed by atoms with Crippen LogP contribution >= 0.6 is 0 Å². The first kappa shape index (κ1) is 13.8. The molecule has 0 aliphatic carbocycles. The van der Waals surface area contributed by atoms with E-state index in [0.717, 1.165) is 5.69 Å². The van der Waals surface area contributed by atoms with Gasteiger partial charge in [0, 0.05) is 25.3 Å². The second kappa shape index (κ2) is 6.04. The number of aliphatic hydroxyl groups is 1. The Balaban J connectivity index is 1.73. The highest BCUT2D eigenvalue weighted by atomic mass is 16.5. The molecule has 2 atom stereocenters. The lowest BCUT2D eigenvalue weighted by Crippen LogP contribution is -2.48. The summed E-state index contributed by atoms with van der Waals surface area (Å²) in [5.41, 5.74) is -0.0449. The Labute approximate surface area is 113 Å². The van der Waals surface area contributed by atoms with Gasteiger partial charge in [0.05, 0.1) is 12.6 Å². The van der Waals surface area contributed by atoms with Gasteiger partial charge in [-0.3, -0.25) is 4.79 Å². The van der Waals surface area contributed by atoms with Gasteiger partial charge in [0.25, 0.3) is 0 Å². The summed E-state index contributed by atoms with van der Waals surface area (Å²) >= 11 is 0. The monoisotopic (exact) mass is 264 g/mol. The van der Waals surface area contributed by atoms with Crippen molar-refractivity contribution in [3.05, 3.63) is 30.3 Å². The first-order chi connectivity index (χ1) is 9.10. The lowest BCUT2D eigenvalue weighted by molar-refractivity contribution is -0.121. The third-order valence-electron chi connectivity index (χ3n) is 3.48. The van der Waals surface area contributed by atoms with Crippen LogP contribution < -0.4 is 10.6 Å². The zero-order valence-corrected chi connectivity index (χ0v) is 11.1. The third-order valence-corrected chi connectivity index (χ3v) is 3.48. The van der Waals surface area contributed by atoms with Crippen LogP contribution in [-0.2, 0) is 9.53 Å². The number of hydrogen-bond acceptors (Lipinski definition) is 4. The molecule has 1 aliphatic heterocycles. The Kier molecular flexibility index (Phi) is 4.39. The quantitative estimate of drug-likeness (QED) is 0.734. The molecule has 0 spiro atoms. The van der Waals surface area contributed by atoms with Gasteiger partial charge in [0.2, 0.25) is 5.91 Å². The summed E-state index contributed by atoms with van der Waals surface area (Å²) in [6.07, 6.45) is 0.315. The van der Waals surface area contributed by atoms with Gasteiger partial charge < -0.3 is 20.5 Å². The zero-order chi connectivity index (χ0) is 13.7. The van der Waals surface area contributed by atoms with Gasteiger partial charge in [-0.2, -0.15) is 0 Å². The minimum atomic E-state index is -0.942. The van der Waals surface area contributed by atoms with Crippen molar-refractivity contribution in [3.8, 4) is 0 Å². The zero-order valence-electron chi connectivity index (χ0n) is 11.1. The van der Waals surface area contributed by atoms with Crippen molar-refractivity contribution in [1.29, 1.82) is 0 Å². The van der Waals surface area contributed by atoms with E-state index in [4.69, 9.17) is 4.74 Å². The number of ether oxygens (including phenoxy) is 1. The molecule has 19 heavy (non-hydrogen) atoms. The van der Waals surface area contributed by atoms with Gasteiger partial charge in [-0.05, 0) is 19.1 Å². The number of benzene rings is 1. The van der Waals surface area contributed by atoms with Crippen LogP contribution in [-0.4, -0.2) is 42.4 Å². The van der Waals surface area contributed by atoms with Crippen molar-refractivity contribution in [2.45, 2.75) is 25.0 Å². The van der Waals surface area contributed by atoms with Crippen LogP contribution in [0.15, 0.2) is 30.3 Å². The third kappa shape index (κ3) is 3.68. The smallest absolute Gasteiger partial charge is 0.239 e. The number of carbonyl (C=O) groups excluding carboxylic acids is 1. The highest BCUT2D eigenvalue weighted by Crippen LogP contribution is 2.24. The summed E-state index contributed by atoms with van der Waals surface area (Å²) < 4.78 is 5.31. The molecule has 3 N–H and O–H groups in total. The molecule has 0 saturated carbocycles. The summed E-state index contributed by atoms with van der Waals surface area (Å²) in [5.74, 6) is -0.142. The Hall–Kier alpha value is -1.59. The van der Waals surface area contributed by atoms with Crippen LogP contribution in [0.2, 0.25) is 0 Å². The number of amides is 1. The van der Waals surface area contributed by atoms with Gasteiger partial charge in [0.1, 0.15) is 5.60 Å². The van der Waals surface area contributed by atoms with Crippen LogP contribution in [0.5, 0.6) is 0 Å². The number of para-hydroxylation sites is 1. The van der Waals surface area contributed by atoms with E-state index in [-0.39, 0.29) is 25.1 Å². The van der Waals surface area contributed by atoms with Gasteiger partial charge in [0.15, 0.2) is 0 Å². The van der Waals surface area contributed by atoms with Crippen molar-refractivity contribution < 1.29 is 14.6 Å². The van der Waals surface area contributed by atoms with Crippen molar-refractivity contribution in [3.63, 3.8) is 0 Å². The number of anilines is 1. The van der Waals surface area contributed by atoms with Crippen LogP contribution in [0, 0.1) is 0 Å². The predicted molar refractivity (Wildman–Crippen MR) is 72.9 cm³/mol. The first-order valence-electron chi connectivity index (χ1n) is 6.50. The summed E-state index contributed by atoms with van der Waals surface area (Å²) in [5, 5.41) is 16.0. The standard InChI is InChI=1S/C14H20N2O3/c1-11-14(18,7-8-19-11)10-16-13(17)9-15-12-5-3-2-4-6-12/h2-6,11,15,18H,7-10H2,1H3,(H,16,17). The number of rotatable bonds is 5. The van der Waals surface area contributed by atoms with Crippen molar-refractivity contribution in [2.24, 2.45) is 0 Å². The molecule has 1 heterocycles. The van der Waals surface area contributed by atoms with Gasteiger partial charge in [-0.25, -0.2) is 0 Å². The molecule has 0 aromatic heterocycles. The molecule has 1 fully saturated rings. The molecule has 1 amide bonds. The van der Waals surface area contributed by atoms with E-state index in [9.17, 15) is 9.90 Å². The molecule has 2 unspecified atom stereocenters. The average molecular weight is 264 g/mol. The number of nitrogens with one attached hydrogen (secondary N) is 2. The predicted octanol–water partition coefficient (Wildman–Crippen LogP) is 0.755. The fraction of sp³-hybridized carbons (Fsp3) is 0.500. The molecule has 5 nitrogen and oxygen atoms in total. The van der Waals surface area contributed by atoms with Crippen LogP contribution in [0.3, 0.4) is 0 Å². The maximum Gasteiger partial charge on any atom is 0.239 e. The molecular weight excluding hydrogens is 244 g/mol. The lowest BCUT2D eigenvalue weighted by atomic mass is 9.97. The van der Waals surface area contributed by atoms with Crippen molar-refractivity contribution in [1.82, 2.24) is 5.32 Å². The topological polar surface area (TPSA) is 70.6 Å². The first-order valence-corrected chi connectivity index (χ1v) is 6.50. The fourth-order valence-electron chi connectivity index (χ4n) is 2.06. The minimum absolute atomic E-state index is 0.142. The summed E-state index contributed by atoms with van der Waals surface area (Å²) in [6.45, 7) is 2.77. The van der Waals surface area contributed by atoms with E-state index in [1.165, 1.54) is 0 Å². The van der Waals surface area contributed by atoms with Crippen LogP contribution in [0.1, 0.15) is 13.3 Å². The van der Waals surface area contributed by atoms with E-state index in [0.29, 0.717) is 13.0 Å². The molecule has 1 saturated heterocycles. The van der Waals surface area contributed by atoms with E-state index in [2.05, 4.69) is 10.6 Å². The maximum atomic E-state index is 11.7. The molecule has 2 rings (SSSR count). The SMILES string of the molecule is CC1OCCC1(O)CNC(=O)CNc1ccccc1. The fourth-order valence-corrected chi connectivity index (χ4v) is 2.06. The van der Waals surface area contributed by atoms with Crippen molar-refractivity contribution >= 4 is 11.6 Å². The number of carbonyl (C=O) groups is 1. The van der Waals surface area contributed by atoms with E-state index in [1.54, 1.807) is 0 Å². The van der Waals surface area contributed by atoms with E-state index in [1.807, 2.05) is 37.3 Å². The molecule has 1 aromatic carbocycles. The highest BCUT2D eigenvalue weighted by Gasteiger charge is 2.39. The molecule has 0 radical (unpaired) electrons. The van der Waals surface area contributed by atoms with Crippen LogP contribution in [0.25, 0.3) is 0 Å². The molecule has 5 heteroatoms. The summed E-state index contributed by atoms with van der Waals surface area (Å²) in [6, 6.07) is 9.52. The molecule has 1 aliphatic rings. The van der Waals surface area contributed by atoms with Crippen molar-refractivity contribution in [2.75, 3.05) is 25.0 Å². The van der Waals surface area contributed by atoms with Crippen LogP contribution in [0.4, 0.5) is 5.69 Å². The Morgan fingerprint density at radius 3 is 2.84 bits per heavy atom. The summed E-state index contributed by atoms with van der Waals surface area (Å²) in [4.78, 5) is 11.7. The molecule has 0 bridgehead atoms. The van der Waals surface area contributed by atoms with Gasteiger partial charge in [-0.1, -0.05) is 18.2 Å². The normalized spacial score (nSPS) is 26.1. The molecule has 1 aromatic rings. The molecular formula is C14H20N2O3. The highest BCUT2D eigenvalue weighted by molar-refractivity contribution is 5.80. The minimum Gasteiger partial charge on any atom is -0.385 e. The second-order valence-corrected chi connectivity index (χ2v) is 4.86. The van der Waals surface area contributed by atoms with E-state index >= 15 is 0 Å². The number of hydrogen-bond donors (Lipinski definition) is 3. The largest absolute Gasteiger partial charge is 0.385 e. The molecule has 104 valence electrons. The van der Waals surface area contributed by atoms with Gasteiger partial charge in [-0.15, -0.1) is 0 Å². The second-order valence-electron chi connectivity index (χ2n) is 4.86.